The van der Waals surface area contributed by atoms with Crippen molar-refractivity contribution in [1.29, 1.82) is 0 Å². The van der Waals surface area contributed by atoms with Crippen LogP contribution in [0.2, 0.25) is 0 Å². The quantitative estimate of drug-likeness (QED) is 0.506. The van der Waals surface area contributed by atoms with Gasteiger partial charge in [-0.05, 0) is 43.2 Å². The molecule has 0 aliphatic carbocycles. The van der Waals surface area contributed by atoms with Gasteiger partial charge in [0.25, 0.3) is 5.91 Å². The van der Waals surface area contributed by atoms with Gasteiger partial charge in [0.1, 0.15) is 17.3 Å². The molecule has 4 rings (SSSR count). The van der Waals surface area contributed by atoms with Crippen molar-refractivity contribution in [2.45, 2.75) is 13.3 Å². The lowest BCUT2D eigenvalue weighted by Crippen LogP contribution is -2.26. The van der Waals surface area contributed by atoms with Crippen molar-refractivity contribution in [1.82, 2.24) is 15.3 Å². The summed E-state index contributed by atoms with van der Waals surface area (Å²) in [4.78, 5) is 18.3. The smallest absolute Gasteiger partial charge is 0.267 e. The number of hydrogen-bond acceptors (Lipinski definition) is 1. The zero-order valence-corrected chi connectivity index (χ0v) is 14.1. The lowest BCUT2D eigenvalue weighted by atomic mass is 10.1. The molecular formula is C20H17F2N3O. The maximum Gasteiger partial charge on any atom is 0.267 e. The summed E-state index contributed by atoms with van der Waals surface area (Å²) in [5, 5.41) is 4.04. The van der Waals surface area contributed by atoms with Crippen LogP contribution in [0.25, 0.3) is 21.8 Å². The Bertz CT molecular complexity index is 1090. The molecule has 132 valence electrons. The molecule has 0 spiro atoms. The van der Waals surface area contributed by atoms with Gasteiger partial charge in [0.05, 0.1) is 5.52 Å². The second kappa shape index (κ2) is 6.29. The highest BCUT2D eigenvalue weighted by molar-refractivity contribution is 5.98. The van der Waals surface area contributed by atoms with E-state index >= 15 is 0 Å². The fourth-order valence-corrected chi connectivity index (χ4v) is 3.32. The van der Waals surface area contributed by atoms with Gasteiger partial charge in [-0.2, -0.15) is 0 Å². The number of H-pyrrole nitrogens is 2. The van der Waals surface area contributed by atoms with Gasteiger partial charge in [-0.15, -0.1) is 0 Å². The first-order valence-corrected chi connectivity index (χ1v) is 8.35. The van der Waals surface area contributed by atoms with Crippen LogP contribution in [0.1, 0.15) is 21.7 Å². The highest BCUT2D eigenvalue weighted by atomic mass is 19.1. The summed E-state index contributed by atoms with van der Waals surface area (Å²) in [6, 6.07) is 11.6. The first-order chi connectivity index (χ1) is 12.5. The molecule has 1 amide bonds. The van der Waals surface area contributed by atoms with E-state index < -0.39 is 11.6 Å². The SMILES string of the molecule is Cc1[nH]c2c(F)ccc(F)c2c1CCNC(=O)c1cc2ccccc2[nH]1. The average molecular weight is 353 g/mol. The van der Waals surface area contributed by atoms with Gasteiger partial charge in [0.2, 0.25) is 0 Å². The van der Waals surface area contributed by atoms with E-state index in [4.69, 9.17) is 0 Å². The Kier molecular flexibility index (Phi) is 3.95. The summed E-state index contributed by atoms with van der Waals surface area (Å²) >= 11 is 0. The van der Waals surface area contributed by atoms with Gasteiger partial charge in [-0.3, -0.25) is 4.79 Å². The molecule has 2 aromatic heterocycles. The number of carbonyl (C=O) groups excluding carboxylic acids is 1. The molecule has 0 unspecified atom stereocenters. The Morgan fingerprint density at radius 3 is 2.65 bits per heavy atom. The molecule has 0 saturated heterocycles. The van der Waals surface area contributed by atoms with Crippen LogP contribution in [0.5, 0.6) is 0 Å². The first kappa shape index (κ1) is 16.3. The van der Waals surface area contributed by atoms with Crippen LogP contribution in [0, 0.1) is 18.6 Å². The number of carbonyl (C=O) groups is 1. The van der Waals surface area contributed by atoms with Gasteiger partial charge in [0, 0.05) is 28.5 Å². The number of amides is 1. The molecule has 2 heterocycles. The van der Waals surface area contributed by atoms with Crippen LogP contribution < -0.4 is 5.32 Å². The predicted octanol–water partition coefficient (Wildman–Crippen LogP) is 4.21. The van der Waals surface area contributed by atoms with Crippen molar-refractivity contribution in [3.8, 4) is 0 Å². The third kappa shape index (κ3) is 2.73. The number of fused-ring (bicyclic) bond motifs is 2. The fourth-order valence-electron chi connectivity index (χ4n) is 3.32. The summed E-state index contributed by atoms with van der Waals surface area (Å²) in [5.41, 5.74) is 2.90. The van der Waals surface area contributed by atoms with Crippen molar-refractivity contribution in [3.05, 3.63) is 71.1 Å². The molecule has 6 heteroatoms. The zero-order chi connectivity index (χ0) is 18.3. The topological polar surface area (TPSA) is 60.7 Å². The van der Waals surface area contributed by atoms with Gasteiger partial charge >= 0.3 is 0 Å². The summed E-state index contributed by atoms with van der Waals surface area (Å²) in [6.45, 7) is 2.09. The van der Waals surface area contributed by atoms with E-state index in [0.29, 0.717) is 29.9 Å². The average Bonchev–Trinajstić information content (AvgIpc) is 3.20. The van der Waals surface area contributed by atoms with Gasteiger partial charge < -0.3 is 15.3 Å². The molecule has 0 fully saturated rings. The maximum absolute atomic E-state index is 14.1. The normalized spacial score (nSPS) is 11.3. The lowest BCUT2D eigenvalue weighted by molar-refractivity contribution is 0.0950. The molecule has 0 bridgehead atoms. The number of aromatic nitrogens is 2. The Balaban J connectivity index is 1.51. The largest absolute Gasteiger partial charge is 0.356 e. The first-order valence-electron chi connectivity index (χ1n) is 8.35. The zero-order valence-electron chi connectivity index (χ0n) is 14.1. The fraction of sp³-hybridized carbons (Fsp3) is 0.150. The minimum atomic E-state index is -0.488. The predicted molar refractivity (Wildman–Crippen MR) is 97.3 cm³/mol. The number of aromatic amines is 2. The Labute approximate surface area is 148 Å². The van der Waals surface area contributed by atoms with Gasteiger partial charge in [-0.25, -0.2) is 8.78 Å². The van der Waals surface area contributed by atoms with Crippen LogP contribution in [-0.4, -0.2) is 22.4 Å². The summed E-state index contributed by atoms with van der Waals surface area (Å²) in [7, 11) is 0. The molecule has 3 N–H and O–H groups in total. The van der Waals surface area contributed by atoms with Crippen molar-refractivity contribution < 1.29 is 13.6 Å². The third-order valence-corrected chi connectivity index (χ3v) is 4.61. The summed E-state index contributed by atoms with van der Waals surface area (Å²) in [6.07, 6.45) is 0.401. The number of benzene rings is 2. The lowest BCUT2D eigenvalue weighted by Gasteiger charge is -2.05. The molecule has 0 saturated carbocycles. The number of para-hydroxylation sites is 1. The van der Waals surface area contributed by atoms with Crippen molar-refractivity contribution in [2.24, 2.45) is 0 Å². The molecule has 0 atom stereocenters. The molecule has 4 aromatic rings. The van der Waals surface area contributed by atoms with Crippen molar-refractivity contribution in [3.63, 3.8) is 0 Å². The number of nitrogens with one attached hydrogen (secondary N) is 3. The van der Waals surface area contributed by atoms with Crippen molar-refractivity contribution in [2.75, 3.05) is 6.54 Å². The van der Waals surface area contributed by atoms with E-state index in [1.54, 1.807) is 13.0 Å². The number of rotatable bonds is 4. The van der Waals surface area contributed by atoms with Crippen LogP contribution in [0.4, 0.5) is 8.78 Å². The van der Waals surface area contributed by atoms with E-state index in [0.717, 1.165) is 23.0 Å². The molecular weight excluding hydrogens is 336 g/mol. The second-order valence-corrected chi connectivity index (χ2v) is 6.28. The Hall–Kier alpha value is -3.15. The molecule has 0 aliphatic rings. The number of hydrogen-bond donors (Lipinski definition) is 3. The van der Waals surface area contributed by atoms with E-state index in [-0.39, 0.29) is 16.8 Å². The monoisotopic (exact) mass is 353 g/mol. The molecule has 26 heavy (non-hydrogen) atoms. The maximum atomic E-state index is 14.1. The second-order valence-electron chi connectivity index (χ2n) is 6.28. The molecule has 0 aliphatic heterocycles. The van der Waals surface area contributed by atoms with Crippen LogP contribution in [0.3, 0.4) is 0 Å². The van der Waals surface area contributed by atoms with Gasteiger partial charge in [0.15, 0.2) is 0 Å². The van der Waals surface area contributed by atoms with E-state index in [1.165, 1.54) is 0 Å². The van der Waals surface area contributed by atoms with Crippen molar-refractivity contribution >= 4 is 27.7 Å². The number of aryl methyl sites for hydroxylation is 1. The molecule has 2 aromatic carbocycles. The van der Waals surface area contributed by atoms with E-state index in [9.17, 15) is 13.6 Å². The Morgan fingerprint density at radius 2 is 1.85 bits per heavy atom. The highest BCUT2D eigenvalue weighted by Gasteiger charge is 2.16. The Morgan fingerprint density at radius 1 is 1.08 bits per heavy atom. The molecule has 0 radical (unpaired) electrons. The van der Waals surface area contributed by atoms with E-state index in [2.05, 4.69) is 15.3 Å². The van der Waals surface area contributed by atoms with Crippen LogP contribution >= 0.6 is 0 Å². The van der Waals surface area contributed by atoms with Crippen LogP contribution in [-0.2, 0) is 6.42 Å². The third-order valence-electron chi connectivity index (χ3n) is 4.61. The van der Waals surface area contributed by atoms with E-state index in [1.807, 2.05) is 24.3 Å². The minimum absolute atomic E-state index is 0.166. The van der Waals surface area contributed by atoms with Crippen LogP contribution in [0.15, 0.2) is 42.5 Å². The molecule has 4 nitrogen and oxygen atoms in total. The summed E-state index contributed by atoms with van der Waals surface area (Å²) in [5.74, 6) is -1.19. The standard InChI is InChI=1S/C20H17F2N3O/c1-11-13(18-14(21)6-7-15(22)19(18)24-11)8-9-23-20(26)17-10-12-4-2-3-5-16(12)25-17/h2-7,10,24-25H,8-9H2,1H3,(H,23,26). The number of halogens is 2. The van der Waals surface area contributed by atoms with Gasteiger partial charge in [-0.1, -0.05) is 18.2 Å². The summed E-state index contributed by atoms with van der Waals surface area (Å²) < 4.78 is 28.0. The highest BCUT2D eigenvalue weighted by Crippen LogP contribution is 2.27. The minimum Gasteiger partial charge on any atom is -0.356 e.